The van der Waals surface area contributed by atoms with Crippen molar-refractivity contribution in [1.82, 2.24) is 0 Å². The lowest BCUT2D eigenvalue weighted by molar-refractivity contribution is -0.384. The third kappa shape index (κ3) is 6.53. The summed E-state index contributed by atoms with van der Waals surface area (Å²) >= 11 is 9.32. The Labute approximate surface area is 103 Å². The second-order valence-corrected chi connectivity index (χ2v) is 5.29. The Kier molecular flexibility index (Phi) is 7.83. The molecule has 102 valence electrons. The van der Waals surface area contributed by atoms with Crippen LogP contribution >= 0.6 is 29.3 Å². The van der Waals surface area contributed by atoms with E-state index >= 15 is 0 Å². The maximum atomic E-state index is 12.2. The topological polar surface area (TPSA) is 40.5 Å². The molecule has 0 amide bonds. The molecule has 11 heteroatoms. The molecule has 0 saturated heterocycles. The molecule has 0 radical (unpaired) electrons. The predicted octanol–water partition coefficient (Wildman–Crippen LogP) is 3.55. The van der Waals surface area contributed by atoms with Crippen molar-refractivity contribution in [2.75, 3.05) is 0 Å². The van der Waals surface area contributed by atoms with E-state index in [1.165, 1.54) is 0 Å². The zero-order chi connectivity index (χ0) is 14.5. The van der Waals surface area contributed by atoms with Crippen molar-refractivity contribution in [3.8, 4) is 12.3 Å². The summed E-state index contributed by atoms with van der Waals surface area (Å²) in [4.78, 5) is 7.65. The van der Waals surface area contributed by atoms with Gasteiger partial charge in [-0.05, 0) is 22.5 Å². The van der Waals surface area contributed by atoms with E-state index < -0.39 is 31.2 Å². The second-order valence-electron chi connectivity index (χ2n) is 2.42. The van der Waals surface area contributed by atoms with Gasteiger partial charge in [-0.2, -0.15) is 26.3 Å². The molecule has 0 aromatic carbocycles. The Bertz CT molecular complexity index is 272. The fraction of sp³-hybridized carbons (Fsp3) is 0.667. The van der Waals surface area contributed by atoms with Crippen molar-refractivity contribution in [3.05, 3.63) is 0 Å². The van der Waals surface area contributed by atoms with Crippen molar-refractivity contribution in [3.63, 3.8) is 0 Å². The van der Waals surface area contributed by atoms with Gasteiger partial charge in [-0.25, -0.2) is 0 Å². The van der Waals surface area contributed by atoms with Gasteiger partial charge in [0.2, 0.25) is 6.85 Å². The zero-order valence-corrected chi connectivity index (χ0v) is 10.1. The molecule has 0 aromatic rings. The largest absolute Gasteiger partial charge is 0.454 e. The Balaban J connectivity index is 0. The highest BCUT2D eigenvalue weighted by atomic mass is 35.9. The molecule has 0 spiro atoms. The standard InChI is InChI=1S/C6H4F6O.Cl2HOP/c1-2-3-4(7,8)5(9,13)6(10,11)12;1-4(2)3/h1,13H,3H2;3H. The van der Waals surface area contributed by atoms with Crippen molar-refractivity contribution < 1.29 is 36.3 Å². The molecule has 0 saturated carbocycles. The normalized spacial score (nSPS) is 15.6. The maximum absolute atomic E-state index is 12.2. The van der Waals surface area contributed by atoms with E-state index in [-0.39, 0.29) is 0 Å². The Morgan fingerprint density at radius 2 is 1.41 bits per heavy atom. The quantitative estimate of drug-likeness (QED) is 0.463. The molecule has 0 heterocycles. The van der Waals surface area contributed by atoms with Crippen LogP contribution in [0.3, 0.4) is 0 Å². The van der Waals surface area contributed by atoms with E-state index in [4.69, 9.17) is 10.00 Å². The van der Waals surface area contributed by atoms with Gasteiger partial charge in [-0.15, -0.1) is 12.3 Å². The number of aliphatic hydroxyl groups is 1. The Hall–Kier alpha value is 0.0700. The molecule has 2 nitrogen and oxygen atoms in total. The summed E-state index contributed by atoms with van der Waals surface area (Å²) in [5, 5.41) is 7.87. The molecule has 0 fully saturated rings. The van der Waals surface area contributed by atoms with Crippen LogP contribution in [0.25, 0.3) is 0 Å². The molecule has 0 aliphatic carbocycles. The molecule has 0 aromatic heterocycles. The number of halogens is 8. The van der Waals surface area contributed by atoms with Gasteiger partial charge < -0.3 is 10.00 Å². The van der Waals surface area contributed by atoms with Crippen LogP contribution in [-0.2, 0) is 0 Å². The molecule has 0 bridgehead atoms. The third-order valence-electron chi connectivity index (χ3n) is 1.18. The minimum absolute atomic E-state index is 1.14. The van der Waals surface area contributed by atoms with E-state index in [2.05, 4.69) is 28.9 Å². The smallest absolute Gasteiger partial charge is 0.350 e. The summed E-state index contributed by atoms with van der Waals surface area (Å²) < 4.78 is 71.0. The number of rotatable bonds is 2. The number of hydrogen-bond donors (Lipinski definition) is 2. The summed E-state index contributed by atoms with van der Waals surface area (Å²) in [6.07, 6.45) is -3.63. The first-order chi connectivity index (χ1) is 7.29. The Morgan fingerprint density at radius 3 is 1.59 bits per heavy atom. The summed E-state index contributed by atoms with van der Waals surface area (Å²) in [7, 11) is 0. The molecular formula is C6H5Cl2F6O2P. The molecule has 2 N–H and O–H groups in total. The first-order valence-corrected chi connectivity index (χ1v) is 6.50. The van der Waals surface area contributed by atoms with Gasteiger partial charge in [-0.1, -0.05) is 0 Å². The SMILES string of the molecule is C#CCC(F)(F)C(O)(F)C(F)(F)F.OP(Cl)Cl. The van der Waals surface area contributed by atoms with E-state index in [1.54, 1.807) is 0 Å². The lowest BCUT2D eigenvalue weighted by atomic mass is 10.1. The first kappa shape index (κ1) is 19.4. The van der Waals surface area contributed by atoms with Crippen LogP contribution in [0.2, 0.25) is 0 Å². The van der Waals surface area contributed by atoms with Gasteiger partial charge in [0, 0.05) is 0 Å². The lowest BCUT2D eigenvalue weighted by Gasteiger charge is -2.28. The summed E-state index contributed by atoms with van der Waals surface area (Å²) in [6, 6.07) is 0. The summed E-state index contributed by atoms with van der Waals surface area (Å²) in [5.41, 5.74) is 0. The van der Waals surface area contributed by atoms with Crippen LogP contribution in [0.5, 0.6) is 0 Å². The molecular weight excluding hydrogens is 320 g/mol. The van der Waals surface area contributed by atoms with E-state index in [0.717, 1.165) is 5.92 Å². The van der Waals surface area contributed by atoms with Gasteiger partial charge in [0.05, 0.1) is 6.42 Å². The van der Waals surface area contributed by atoms with Gasteiger partial charge in [0.1, 0.15) is 0 Å². The Morgan fingerprint density at radius 1 is 1.12 bits per heavy atom. The zero-order valence-electron chi connectivity index (χ0n) is 7.65. The summed E-state index contributed by atoms with van der Waals surface area (Å²) in [5.74, 6) is -9.50. The van der Waals surface area contributed by atoms with Crippen LogP contribution in [-0.4, -0.2) is 28.0 Å². The van der Waals surface area contributed by atoms with Crippen LogP contribution in [0, 0.1) is 12.3 Å². The average molecular weight is 325 g/mol. The van der Waals surface area contributed by atoms with Gasteiger partial charge in [0.25, 0.3) is 0 Å². The molecule has 0 aliphatic rings. The highest BCUT2D eigenvalue weighted by Crippen LogP contribution is 2.44. The van der Waals surface area contributed by atoms with Crippen molar-refractivity contribution in [2.24, 2.45) is 0 Å². The van der Waals surface area contributed by atoms with Crippen LogP contribution in [0.15, 0.2) is 0 Å². The minimum atomic E-state index is -6.08. The minimum Gasteiger partial charge on any atom is -0.350 e. The van der Waals surface area contributed by atoms with Gasteiger partial charge >= 0.3 is 18.0 Å². The fourth-order valence-electron chi connectivity index (χ4n) is 0.453. The average Bonchev–Trinajstić information content (AvgIpc) is 1.99. The monoisotopic (exact) mass is 324 g/mol. The highest BCUT2D eigenvalue weighted by Gasteiger charge is 2.70. The maximum Gasteiger partial charge on any atom is 0.454 e. The summed E-state index contributed by atoms with van der Waals surface area (Å²) in [6.45, 7) is -1.68. The van der Waals surface area contributed by atoms with E-state index in [1.807, 2.05) is 0 Å². The lowest BCUT2D eigenvalue weighted by Crippen LogP contribution is -2.55. The highest BCUT2D eigenvalue weighted by molar-refractivity contribution is 7.99. The van der Waals surface area contributed by atoms with Crippen LogP contribution in [0.4, 0.5) is 26.3 Å². The van der Waals surface area contributed by atoms with Crippen LogP contribution in [0.1, 0.15) is 6.42 Å². The third-order valence-corrected chi connectivity index (χ3v) is 1.18. The van der Waals surface area contributed by atoms with Crippen molar-refractivity contribution in [1.29, 1.82) is 0 Å². The molecule has 0 aliphatic heterocycles. The number of hydrogen-bond acceptors (Lipinski definition) is 2. The van der Waals surface area contributed by atoms with Crippen molar-refractivity contribution in [2.45, 2.75) is 24.4 Å². The number of alkyl halides is 6. The molecule has 1 atom stereocenters. The van der Waals surface area contributed by atoms with Crippen molar-refractivity contribution >= 4 is 29.3 Å². The molecule has 1 unspecified atom stereocenters. The molecule has 17 heavy (non-hydrogen) atoms. The fourth-order valence-corrected chi connectivity index (χ4v) is 0.453. The van der Waals surface area contributed by atoms with E-state index in [0.29, 0.717) is 0 Å². The van der Waals surface area contributed by atoms with Gasteiger partial charge in [0.15, 0.2) is 0 Å². The van der Waals surface area contributed by atoms with E-state index in [9.17, 15) is 26.3 Å². The number of terminal acetylenes is 1. The predicted molar refractivity (Wildman–Crippen MR) is 51.4 cm³/mol. The second kappa shape index (κ2) is 6.86. The van der Waals surface area contributed by atoms with Crippen LogP contribution < -0.4 is 0 Å². The first-order valence-electron chi connectivity index (χ1n) is 3.39. The molecule has 0 rings (SSSR count). The van der Waals surface area contributed by atoms with Gasteiger partial charge in [-0.3, -0.25) is 0 Å².